The van der Waals surface area contributed by atoms with Crippen LogP contribution in [0.25, 0.3) is 11.1 Å². The van der Waals surface area contributed by atoms with E-state index < -0.39 is 18.0 Å². The van der Waals surface area contributed by atoms with Gasteiger partial charge in [0, 0.05) is 37.7 Å². The molecule has 2 N–H and O–H groups in total. The van der Waals surface area contributed by atoms with Gasteiger partial charge in [0.1, 0.15) is 30.3 Å². The lowest BCUT2D eigenvalue weighted by atomic mass is 9.89. The lowest BCUT2D eigenvalue weighted by Crippen LogP contribution is -2.46. The van der Waals surface area contributed by atoms with Gasteiger partial charge in [-0.1, -0.05) is 18.2 Å². The number of carbonyl (C=O) groups is 1. The van der Waals surface area contributed by atoms with Gasteiger partial charge in [-0.05, 0) is 53.8 Å². The van der Waals surface area contributed by atoms with E-state index in [1.807, 2.05) is 6.07 Å². The van der Waals surface area contributed by atoms with Crippen molar-refractivity contribution in [3.05, 3.63) is 52.8 Å². The van der Waals surface area contributed by atoms with E-state index in [1.54, 1.807) is 6.07 Å². The number of nitrogens with one attached hydrogen (secondary N) is 2. The molecule has 3 aliphatic heterocycles. The number of halogens is 1. The molecule has 0 saturated carbocycles. The quantitative estimate of drug-likeness (QED) is 0.706. The zero-order valence-corrected chi connectivity index (χ0v) is 18.9. The molecule has 5 rings (SSSR count). The summed E-state index contributed by atoms with van der Waals surface area (Å²) >= 11 is 0. The molecular formula is C26H28FN3O4. The van der Waals surface area contributed by atoms with Gasteiger partial charge in [-0.15, -0.1) is 0 Å². The summed E-state index contributed by atoms with van der Waals surface area (Å²) in [6.45, 7) is 3.53. The van der Waals surface area contributed by atoms with Crippen LogP contribution in [0.2, 0.25) is 0 Å². The van der Waals surface area contributed by atoms with Gasteiger partial charge >= 0.3 is 0 Å². The summed E-state index contributed by atoms with van der Waals surface area (Å²) in [5.41, 5.74) is 4.21. The molecule has 2 unspecified atom stereocenters. The van der Waals surface area contributed by atoms with Crippen LogP contribution < -0.4 is 15.4 Å². The number of rotatable bonds is 5. The summed E-state index contributed by atoms with van der Waals surface area (Å²) in [6.07, 6.45) is 1.19. The Kier molecular flexibility index (Phi) is 6.77. The monoisotopic (exact) mass is 465 g/mol. The van der Waals surface area contributed by atoms with Gasteiger partial charge in [-0.3, -0.25) is 4.79 Å². The Morgan fingerprint density at radius 1 is 1.26 bits per heavy atom. The minimum atomic E-state index is -0.878. The molecule has 3 heterocycles. The maximum absolute atomic E-state index is 15.2. The van der Waals surface area contributed by atoms with Gasteiger partial charge in [-0.25, -0.2) is 4.39 Å². The number of amides is 1. The van der Waals surface area contributed by atoms with E-state index in [9.17, 15) is 10.1 Å². The van der Waals surface area contributed by atoms with E-state index in [0.717, 1.165) is 37.1 Å². The second kappa shape index (κ2) is 10.1. The molecule has 2 aromatic carbocycles. The van der Waals surface area contributed by atoms with Crippen molar-refractivity contribution in [3.63, 3.8) is 0 Å². The zero-order valence-electron chi connectivity index (χ0n) is 18.9. The molecule has 2 fully saturated rings. The SMILES string of the molecule is N#CC(Cc1cc2c(cc1F)-c1cc(C3CCOC3)ccc1CO2)NC(=O)[C@@H]1CNCCCO1. The van der Waals surface area contributed by atoms with Crippen molar-refractivity contribution in [3.8, 4) is 22.9 Å². The first-order valence-electron chi connectivity index (χ1n) is 11.8. The van der Waals surface area contributed by atoms with E-state index in [-0.39, 0.29) is 12.3 Å². The number of hydrogen-bond donors (Lipinski definition) is 2. The van der Waals surface area contributed by atoms with Crippen molar-refractivity contribution >= 4 is 5.91 Å². The minimum Gasteiger partial charge on any atom is -0.488 e. The van der Waals surface area contributed by atoms with Crippen LogP contribution in [0.3, 0.4) is 0 Å². The van der Waals surface area contributed by atoms with Crippen LogP contribution in [0.4, 0.5) is 4.39 Å². The third kappa shape index (κ3) is 4.78. The first-order chi connectivity index (χ1) is 16.6. The lowest BCUT2D eigenvalue weighted by molar-refractivity contribution is -0.132. The minimum absolute atomic E-state index is 0.0389. The first kappa shape index (κ1) is 22.8. The standard InChI is InChI=1S/C26H28FN3O4/c27-23-11-22-21-9-16(17-4-7-32-14-17)2-3-18(21)15-34-24(22)10-19(23)8-20(12-28)30-26(31)25-13-29-5-1-6-33-25/h2-3,9-11,17,20,25,29H,1,4-8,13-15H2,(H,30,31)/t17?,20?,25-/m0/s1. The number of carbonyl (C=O) groups excluding carboxylic acids is 1. The second-order valence-electron chi connectivity index (χ2n) is 9.02. The molecule has 3 atom stereocenters. The highest BCUT2D eigenvalue weighted by atomic mass is 19.1. The van der Waals surface area contributed by atoms with E-state index in [1.165, 1.54) is 11.6 Å². The number of nitriles is 1. The highest BCUT2D eigenvalue weighted by Crippen LogP contribution is 2.41. The van der Waals surface area contributed by atoms with Crippen molar-refractivity contribution in [1.29, 1.82) is 5.26 Å². The first-order valence-corrected chi connectivity index (χ1v) is 11.8. The molecule has 0 radical (unpaired) electrons. The summed E-state index contributed by atoms with van der Waals surface area (Å²) in [5, 5.41) is 15.4. The number of hydrogen-bond acceptors (Lipinski definition) is 6. The van der Waals surface area contributed by atoms with Crippen molar-refractivity contribution < 1.29 is 23.4 Å². The number of benzene rings is 2. The van der Waals surface area contributed by atoms with E-state index in [0.29, 0.717) is 49.2 Å². The molecule has 178 valence electrons. The van der Waals surface area contributed by atoms with Gasteiger partial charge in [0.05, 0.1) is 12.7 Å². The molecule has 1 amide bonds. The predicted octanol–water partition coefficient (Wildman–Crippen LogP) is 2.82. The molecule has 0 aromatic heterocycles. The van der Waals surface area contributed by atoms with Crippen molar-refractivity contribution in [1.82, 2.24) is 10.6 Å². The highest BCUT2D eigenvalue weighted by molar-refractivity contribution is 5.82. The van der Waals surface area contributed by atoms with E-state index in [2.05, 4.69) is 28.8 Å². The largest absolute Gasteiger partial charge is 0.488 e. The molecule has 0 spiro atoms. The van der Waals surface area contributed by atoms with Crippen molar-refractivity contribution in [2.45, 2.75) is 43.9 Å². The number of fused-ring (bicyclic) bond motifs is 3. The Balaban J connectivity index is 1.34. The fourth-order valence-electron chi connectivity index (χ4n) is 4.76. The Labute approximate surface area is 198 Å². The predicted molar refractivity (Wildman–Crippen MR) is 123 cm³/mol. The summed E-state index contributed by atoms with van der Waals surface area (Å²) in [4.78, 5) is 12.6. The van der Waals surface area contributed by atoms with Crippen LogP contribution in [0.5, 0.6) is 5.75 Å². The molecule has 34 heavy (non-hydrogen) atoms. The molecule has 0 aliphatic carbocycles. The summed E-state index contributed by atoms with van der Waals surface area (Å²) in [5.74, 6) is 0.149. The van der Waals surface area contributed by atoms with Crippen molar-refractivity contribution in [2.75, 3.05) is 32.9 Å². The van der Waals surface area contributed by atoms with Crippen LogP contribution in [-0.4, -0.2) is 51.0 Å². The van der Waals surface area contributed by atoms with E-state index in [4.69, 9.17) is 14.2 Å². The number of ether oxygens (including phenoxy) is 3. The van der Waals surface area contributed by atoms with Crippen LogP contribution >= 0.6 is 0 Å². The Hall–Kier alpha value is -2.99. The summed E-state index contributed by atoms with van der Waals surface area (Å²) in [6, 6.07) is 10.6. The van der Waals surface area contributed by atoms with Gasteiger partial charge in [-0.2, -0.15) is 5.26 Å². The molecule has 2 aromatic rings. The molecule has 7 nitrogen and oxygen atoms in total. The Morgan fingerprint density at radius 3 is 3.00 bits per heavy atom. The van der Waals surface area contributed by atoms with Gasteiger partial charge < -0.3 is 24.8 Å². The van der Waals surface area contributed by atoms with Crippen LogP contribution in [0.1, 0.15) is 35.4 Å². The fourth-order valence-corrected chi connectivity index (χ4v) is 4.76. The average molecular weight is 466 g/mol. The van der Waals surface area contributed by atoms with Gasteiger partial charge in [0.25, 0.3) is 5.91 Å². The fraction of sp³-hybridized carbons (Fsp3) is 0.462. The van der Waals surface area contributed by atoms with Gasteiger partial charge in [0.2, 0.25) is 0 Å². The maximum atomic E-state index is 15.2. The van der Waals surface area contributed by atoms with Crippen molar-refractivity contribution in [2.24, 2.45) is 0 Å². The molecule has 0 bridgehead atoms. The zero-order chi connectivity index (χ0) is 23.5. The Bertz CT molecular complexity index is 1100. The Morgan fingerprint density at radius 2 is 2.18 bits per heavy atom. The third-order valence-electron chi connectivity index (χ3n) is 6.69. The smallest absolute Gasteiger partial charge is 0.251 e. The summed E-state index contributed by atoms with van der Waals surface area (Å²) in [7, 11) is 0. The van der Waals surface area contributed by atoms with Crippen LogP contribution in [0.15, 0.2) is 30.3 Å². The molecule has 3 aliphatic rings. The highest BCUT2D eigenvalue weighted by Gasteiger charge is 2.26. The molecule has 8 heteroatoms. The van der Waals surface area contributed by atoms with E-state index >= 15 is 4.39 Å². The average Bonchev–Trinajstić information content (AvgIpc) is 3.25. The maximum Gasteiger partial charge on any atom is 0.251 e. The molecule has 2 saturated heterocycles. The topological polar surface area (TPSA) is 92.6 Å². The third-order valence-corrected chi connectivity index (χ3v) is 6.69. The van der Waals surface area contributed by atoms with Crippen LogP contribution in [-0.2, 0) is 27.3 Å². The lowest BCUT2D eigenvalue weighted by Gasteiger charge is -2.24. The second-order valence-corrected chi connectivity index (χ2v) is 9.02. The van der Waals surface area contributed by atoms with Crippen LogP contribution in [0, 0.1) is 17.1 Å². The summed E-state index contributed by atoms with van der Waals surface area (Å²) < 4.78 is 32.2. The normalized spacial score (nSPS) is 22.5. The number of nitrogens with zero attached hydrogens (tertiary/aromatic N) is 1. The van der Waals surface area contributed by atoms with Gasteiger partial charge in [0.15, 0.2) is 0 Å². The molecular weight excluding hydrogens is 437 g/mol.